The Balaban J connectivity index is 1.71. The third-order valence-electron chi connectivity index (χ3n) is 5.69. The average Bonchev–Trinajstić information content (AvgIpc) is 3.16. The van der Waals surface area contributed by atoms with E-state index in [-0.39, 0.29) is 18.4 Å². The fourth-order valence-corrected chi connectivity index (χ4v) is 4.01. The van der Waals surface area contributed by atoms with Gasteiger partial charge in [-0.05, 0) is 38.5 Å². The number of hydrogen-bond donors (Lipinski definition) is 1. The van der Waals surface area contributed by atoms with Crippen molar-refractivity contribution in [3.05, 3.63) is 0 Å². The topological polar surface area (TPSA) is 69.7 Å². The molecule has 3 fully saturated rings. The maximum Gasteiger partial charge on any atom is 0.325 e. The van der Waals surface area contributed by atoms with Gasteiger partial charge in [0.25, 0.3) is 5.91 Å². The van der Waals surface area contributed by atoms with Crippen LogP contribution in [0.3, 0.4) is 0 Å². The molecule has 2 saturated carbocycles. The molecule has 4 amide bonds. The zero-order valence-corrected chi connectivity index (χ0v) is 14.1. The van der Waals surface area contributed by atoms with Gasteiger partial charge in [-0.25, -0.2) is 4.79 Å². The zero-order valence-electron chi connectivity index (χ0n) is 14.1. The Labute approximate surface area is 137 Å². The van der Waals surface area contributed by atoms with E-state index in [0.717, 1.165) is 30.6 Å². The van der Waals surface area contributed by atoms with Gasteiger partial charge in [-0.1, -0.05) is 26.7 Å². The lowest BCUT2D eigenvalue weighted by atomic mass is 9.93. The molecule has 128 valence electrons. The molecular weight excluding hydrogens is 294 g/mol. The van der Waals surface area contributed by atoms with Crippen LogP contribution in [-0.4, -0.2) is 51.8 Å². The Kier molecular flexibility index (Phi) is 4.34. The smallest absolute Gasteiger partial charge is 0.325 e. The Morgan fingerprint density at radius 2 is 1.70 bits per heavy atom. The lowest BCUT2D eigenvalue weighted by Gasteiger charge is -2.30. The van der Waals surface area contributed by atoms with Gasteiger partial charge in [0.15, 0.2) is 0 Å². The molecule has 0 aromatic carbocycles. The Hall–Kier alpha value is -1.59. The summed E-state index contributed by atoms with van der Waals surface area (Å²) in [6.45, 7) is 3.67. The monoisotopic (exact) mass is 321 g/mol. The van der Waals surface area contributed by atoms with E-state index in [1.807, 2.05) is 18.7 Å². The average molecular weight is 321 g/mol. The van der Waals surface area contributed by atoms with Crippen LogP contribution < -0.4 is 5.32 Å². The van der Waals surface area contributed by atoms with Crippen LogP contribution in [0.2, 0.25) is 0 Å². The number of nitrogens with zero attached hydrogens (tertiary/aromatic N) is 2. The van der Waals surface area contributed by atoms with Crippen LogP contribution in [0.25, 0.3) is 0 Å². The van der Waals surface area contributed by atoms with Gasteiger partial charge in [-0.15, -0.1) is 0 Å². The third-order valence-corrected chi connectivity index (χ3v) is 5.69. The van der Waals surface area contributed by atoms with E-state index in [2.05, 4.69) is 5.32 Å². The molecule has 0 spiro atoms. The van der Waals surface area contributed by atoms with Gasteiger partial charge in [0.2, 0.25) is 5.91 Å². The van der Waals surface area contributed by atoms with Crippen molar-refractivity contribution in [3.8, 4) is 0 Å². The van der Waals surface area contributed by atoms with E-state index in [4.69, 9.17) is 0 Å². The van der Waals surface area contributed by atoms with E-state index < -0.39 is 11.6 Å². The quantitative estimate of drug-likeness (QED) is 0.761. The molecule has 0 unspecified atom stereocenters. The number of rotatable bonds is 6. The summed E-state index contributed by atoms with van der Waals surface area (Å²) in [4.78, 5) is 40.7. The summed E-state index contributed by atoms with van der Waals surface area (Å²) in [5, 5.41) is 2.79. The fourth-order valence-electron chi connectivity index (χ4n) is 4.01. The first-order valence-electron chi connectivity index (χ1n) is 8.97. The molecule has 0 bridgehead atoms. The highest BCUT2D eigenvalue weighted by molar-refractivity contribution is 6.09. The summed E-state index contributed by atoms with van der Waals surface area (Å²) in [5.41, 5.74) is -0.824. The molecule has 0 aromatic rings. The van der Waals surface area contributed by atoms with Crippen LogP contribution in [0.1, 0.15) is 65.2 Å². The van der Waals surface area contributed by atoms with Crippen molar-refractivity contribution < 1.29 is 14.4 Å². The van der Waals surface area contributed by atoms with Crippen LogP contribution in [0.15, 0.2) is 0 Å². The first kappa shape index (κ1) is 16.3. The van der Waals surface area contributed by atoms with E-state index in [1.54, 1.807) is 0 Å². The standard InChI is InChI=1S/C17H27N3O3/c1-3-17(4-2)15(22)19(16(23)18-17)11-14(21)20(13-9-10-13)12-7-5-6-8-12/h12-13H,3-11H2,1-2H3,(H,18,23). The number of amides is 4. The minimum Gasteiger partial charge on any atom is -0.335 e. The summed E-state index contributed by atoms with van der Waals surface area (Å²) in [6.07, 6.45) is 7.64. The minimum absolute atomic E-state index is 0.0640. The van der Waals surface area contributed by atoms with Gasteiger partial charge >= 0.3 is 6.03 Å². The number of hydrogen-bond acceptors (Lipinski definition) is 3. The van der Waals surface area contributed by atoms with Gasteiger partial charge < -0.3 is 10.2 Å². The summed E-state index contributed by atoms with van der Waals surface area (Å²) in [7, 11) is 0. The number of imide groups is 1. The van der Waals surface area contributed by atoms with Crippen LogP contribution in [0.4, 0.5) is 4.79 Å². The molecule has 3 rings (SSSR count). The van der Waals surface area contributed by atoms with Crippen molar-refractivity contribution in [3.63, 3.8) is 0 Å². The molecule has 2 aliphatic carbocycles. The first-order valence-corrected chi connectivity index (χ1v) is 8.97. The largest absolute Gasteiger partial charge is 0.335 e. The molecule has 0 radical (unpaired) electrons. The SMILES string of the molecule is CCC1(CC)NC(=O)N(CC(=O)N(C2CCCC2)C2CC2)C1=O. The molecule has 1 N–H and O–H groups in total. The fraction of sp³-hybridized carbons (Fsp3) is 0.824. The lowest BCUT2D eigenvalue weighted by molar-refractivity contribution is -0.140. The summed E-state index contributed by atoms with van der Waals surface area (Å²) in [6, 6.07) is 0.209. The Morgan fingerprint density at radius 1 is 1.13 bits per heavy atom. The maximum absolute atomic E-state index is 12.8. The van der Waals surface area contributed by atoms with Crippen molar-refractivity contribution in [2.75, 3.05) is 6.54 Å². The highest BCUT2D eigenvalue weighted by atomic mass is 16.2. The molecule has 1 saturated heterocycles. The normalized spacial score (nSPS) is 24.2. The molecule has 1 aliphatic heterocycles. The summed E-state index contributed by atoms with van der Waals surface area (Å²) < 4.78 is 0. The molecule has 1 heterocycles. The van der Waals surface area contributed by atoms with Crippen LogP contribution in [-0.2, 0) is 9.59 Å². The number of carbonyl (C=O) groups excluding carboxylic acids is 3. The number of urea groups is 1. The highest BCUT2D eigenvalue weighted by Crippen LogP contribution is 2.35. The lowest BCUT2D eigenvalue weighted by Crippen LogP contribution is -2.49. The third kappa shape index (κ3) is 2.83. The minimum atomic E-state index is -0.824. The second kappa shape index (κ2) is 6.13. The summed E-state index contributed by atoms with van der Waals surface area (Å²) >= 11 is 0. The second-order valence-corrected chi connectivity index (χ2v) is 7.08. The predicted octanol–water partition coefficient (Wildman–Crippen LogP) is 2.03. The van der Waals surface area contributed by atoms with Crippen LogP contribution >= 0.6 is 0 Å². The highest BCUT2D eigenvalue weighted by Gasteiger charge is 2.50. The molecule has 23 heavy (non-hydrogen) atoms. The van der Waals surface area contributed by atoms with Crippen molar-refractivity contribution in [2.45, 2.75) is 82.8 Å². The van der Waals surface area contributed by atoms with Crippen molar-refractivity contribution in [2.24, 2.45) is 0 Å². The molecule has 0 aromatic heterocycles. The van der Waals surface area contributed by atoms with E-state index in [1.165, 1.54) is 12.8 Å². The van der Waals surface area contributed by atoms with E-state index >= 15 is 0 Å². The zero-order chi connectivity index (χ0) is 16.6. The molecule has 3 aliphatic rings. The van der Waals surface area contributed by atoms with Crippen LogP contribution in [0, 0.1) is 0 Å². The molecular formula is C17H27N3O3. The molecule has 0 atom stereocenters. The van der Waals surface area contributed by atoms with E-state index in [9.17, 15) is 14.4 Å². The predicted molar refractivity (Wildman–Crippen MR) is 85.7 cm³/mol. The first-order chi connectivity index (χ1) is 11.0. The van der Waals surface area contributed by atoms with Crippen molar-refractivity contribution >= 4 is 17.8 Å². The molecule has 6 nitrogen and oxygen atoms in total. The van der Waals surface area contributed by atoms with Gasteiger partial charge in [0.1, 0.15) is 12.1 Å². The van der Waals surface area contributed by atoms with E-state index in [0.29, 0.717) is 24.9 Å². The van der Waals surface area contributed by atoms with Crippen LogP contribution in [0.5, 0.6) is 0 Å². The molecule has 6 heteroatoms. The summed E-state index contributed by atoms with van der Waals surface area (Å²) in [5.74, 6) is -0.311. The Morgan fingerprint density at radius 3 is 2.17 bits per heavy atom. The number of carbonyl (C=O) groups is 3. The van der Waals surface area contributed by atoms with Gasteiger partial charge in [-0.2, -0.15) is 0 Å². The van der Waals surface area contributed by atoms with Gasteiger partial charge in [-0.3, -0.25) is 14.5 Å². The van der Waals surface area contributed by atoms with Gasteiger partial charge in [0, 0.05) is 12.1 Å². The van der Waals surface area contributed by atoms with Crippen molar-refractivity contribution in [1.82, 2.24) is 15.1 Å². The Bertz CT molecular complexity index is 505. The number of nitrogens with one attached hydrogen (secondary N) is 1. The maximum atomic E-state index is 12.8. The van der Waals surface area contributed by atoms with Gasteiger partial charge in [0.05, 0.1) is 0 Å². The second-order valence-electron chi connectivity index (χ2n) is 7.08. The van der Waals surface area contributed by atoms with Crippen molar-refractivity contribution in [1.29, 1.82) is 0 Å².